The summed E-state index contributed by atoms with van der Waals surface area (Å²) < 4.78 is 0. The van der Waals surface area contributed by atoms with E-state index in [1.807, 2.05) is 0 Å². The standard InChI is InChI=1S/C20H18N2O6/c1-2-11(4-3-5-17(24)25)12-6-7-13-14(10-12)20(28)22(19(13)27)15-8-9-16(23)21-18(15)26/h1,6-7,10-11,15H,3-5,8-9H2,(H,24,25)(H,21,23,26). The summed E-state index contributed by atoms with van der Waals surface area (Å²) in [6.07, 6.45) is 6.51. The van der Waals surface area contributed by atoms with Crippen molar-refractivity contribution in [3.63, 3.8) is 0 Å². The maximum absolute atomic E-state index is 12.8. The van der Waals surface area contributed by atoms with E-state index in [9.17, 15) is 24.0 Å². The minimum atomic E-state index is -1.02. The highest BCUT2D eigenvalue weighted by atomic mass is 16.4. The lowest BCUT2D eigenvalue weighted by Crippen LogP contribution is -2.54. The molecule has 4 amide bonds. The lowest BCUT2D eigenvalue weighted by molar-refractivity contribution is -0.138. The number of carbonyl (C=O) groups excluding carboxylic acids is 4. The number of aliphatic carboxylic acids is 1. The highest BCUT2D eigenvalue weighted by Crippen LogP contribution is 2.31. The summed E-state index contributed by atoms with van der Waals surface area (Å²) in [7, 11) is 0. The number of nitrogens with zero attached hydrogens (tertiary/aromatic N) is 1. The van der Waals surface area contributed by atoms with Crippen LogP contribution in [0.2, 0.25) is 0 Å². The predicted molar refractivity (Wildman–Crippen MR) is 96.2 cm³/mol. The van der Waals surface area contributed by atoms with Gasteiger partial charge in [0.2, 0.25) is 11.8 Å². The first-order valence-electron chi connectivity index (χ1n) is 8.87. The second kappa shape index (κ2) is 7.64. The van der Waals surface area contributed by atoms with Gasteiger partial charge in [0.15, 0.2) is 0 Å². The highest BCUT2D eigenvalue weighted by molar-refractivity contribution is 6.23. The van der Waals surface area contributed by atoms with Gasteiger partial charge in [0.25, 0.3) is 11.8 Å². The molecule has 0 spiro atoms. The normalized spacial score (nSPS) is 19.8. The topological polar surface area (TPSA) is 121 Å². The number of hydrogen-bond donors (Lipinski definition) is 2. The third-order valence-electron chi connectivity index (χ3n) is 4.95. The van der Waals surface area contributed by atoms with Gasteiger partial charge in [0, 0.05) is 18.8 Å². The summed E-state index contributed by atoms with van der Waals surface area (Å²) in [5.41, 5.74) is 0.975. The molecule has 2 aliphatic heterocycles. The maximum Gasteiger partial charge on any atom is 0.303 e. The molecule has 1 fully saturated rings. The number of carbonyl (C=O) groups is 5. The van der Waals surface area contributed by atoms with Crippen LogP contribution in [0.5, 0.6) is 0 Å². The Kier molecular flexibility index (Phi) is 5.27. The fraction of sp³-hybridized carbons (Fsp3) is 0.350. The van der Waals surface area contributed by atoms with E-state index >= 15 is 0 Å². The molecule has 1 aromatic carbocycles. The van der Waals surface area contributed by atoms with Gasteiger partial charge in [-0.05, 0) is 37.0 Å². The Morgan fingerprint density at radius 1 is 1.25 bits per heavy atom. The number of nitrogens with one attached hydrogen (secondary N) is 1. The molecule has 8 heteroatoms. The van der Waals surface area contributed by atoms with Crippen LogP contribution >= 0.6 is 0 Å². The fourth-order valence-electron chi connectivity index (χ4n) is 3.51. The van der Waals surface area contributed by atoms with E-state index in [-0.39, 0.29) is 30.4 Å². The van der Waals surface area contributed by atoms with Gasteiger partial charge < -0.3 is 5.11 Å². The zero-order chi connectivity index (χ0) is 20.4. The number of carboxylic acid groups (broad SMARTS) is 1. The van der Waals surface area contributed by atoms with Crippen LogP contribution in [0.15, 0.2) is 18.2 Å². The van der Waals surface area contributed by atoms with E-state index in [1.54, 1.807) is 6.07 Å². The van der Waals surface area contributed by atoms with Crippen molar-refractivity contribution < 1.29 is 29.1 Å². The van der Waals surface area contributed by atoms with Crippen LogP contribution < -0.4 is 5.32 Å². The van der Waals surface area contributed by atoms with E-state index in [0.717, 1.165) is 4.90 Å². The van der Waals surface area contributed by atoms with E-state index in [0.29, 0.717) is 18.4 Å². The third-order valence-corrected chi connectivity index (χ3v) is 4.95. The average molecular weight is 382 g/mol. The van der Waals surface area contributed by atoms with Crippen molar-refractivity contribution in [3.05, 3.63) is 34.9 Å². The molecule has 2 aliphatic rings. The van der Waals surface area contributed by atoms with Crippen LogP contribution in [0.25, 0.3) is 0 Å². The number of piperidine rings is 1. The lowest BCUT2D eigenvalue weighted by atomic mass is 9.92. The van der Waals surface area contributed by atoms with Crippen molar-refractivity contribution in [2.75, 3.05) is 0 Å². The molecule has 0 saturated carbocycles. The number of imide groups is 2. The van der Waals surface area contributed by atoms with E-state index in [2.05, 4.69) is 11.2 Å². The molecule has 2 unspecified atom stereocenters. The molecule has 0 radical (unpaired) electrons. The molecule has 2 heterocycles. The van der Waals surface area contributed by atoms with Crippen molar-refractivity contribution in [1.82, 2.24) is 10.2 Å². The van der Waals surface area contributed by atoms with E-state index in [4.69, 9.17) is 11.5 Å². The van der Waals surface area contributed by atoms with E-state index < -0.39 is 41.6 Å². The van der Waals surface area contributed by atoms with Crippen LogP contribution in [0, 0.1) is 12.3 Å². The van der Waals surface area contributed by atoms with Gasteiger partial charge in [-0.1, -0.05) is 12.0 Å². The van der Waals surface area contributed by atoms with Crippen LogP contribution in [0.1, 0.15) is 64.3 Å². The Hall–Kier alpha value is -3.47. The Morgan fingerprint density at radius 2 is 1.96 bits per heavy atom. The summed E-state index contributed by atoms with van der Waals surface area (Å²) in [6, 6.07) is 3.65. The molecule has 0 aliphatic carbocycles. The Labute approximate surface area is 160 Å². The zero-order valence-electron chi connectivity index (χ0n) is 14.9. The maximum atomic E-state index is 12.8. The molecular formula is C20H18N2O6. The number of fused-ring (bicyclic) bond motifs is 1. The van der Waals surface area contributed by atoms with Crippen LogP contribution in [0.3, 0.4) is 0 Å². The van der Waals surface area contributed by atoms with Crippen molar-refractivity contribution >= 4 is 29.6 Å². The summed E-state index contributed by atoms with van der Waals surface area (Å²) in [4.78, 5) is 60.4. The summed E-state index contributed by atoms with van der Waals surface area (Å²) in [5.74, 6) is -0.988. The van der Waals surface area contributed by atoms with Gasteiger partial charge in [-0.3, -0.25) is 34.2 Å². The molecule has 2 atom stereocenters. The number of terminal acetylenes is 1. The number of carboxylic acids is 1. The van der Waals surface area contributed by atoms with Gasteiger partial charge in [-0.15, -0.1) is 6.42 Å². The van der Waals surface area contributed by atoms with Gasteiger partial charge in [-0.2, -0.15) is 0 Å². The SMILES string of the molecule is C#CC(CCCC(=O)O)c1ccc2c(c1)C(=O)N(C1CCC(=O)NC1=O)C2=O. The molecule has 28 heavy (non-hydrogen) atoms. The largest absolute Gasteiger partial charge is 0.481 e. The average Bonchev–Trinajstić information content (AvgIpc) is 2.89. The molecule has 0 aromatic heterocycles. The van der Waals surface area contributed by atoms with Crippen LogP contribution in [-0.2, 0) is 14.4 Å². The van der Waals surface area contributed by atoms with Crippen molar-refractivity contribution in [2.45, 2.75) is 44.1 Å². The van der Waals surface area contributed by atoms with Crippen molar-refractivity contribution in [3.8, 4) is 12.3 Å². The van der Waals surface area contributed by atoms with Gasteiger partial charge in [0.05, 0.1) is 11.1 Å². The number of hydrogen-bond acceptors (Lipinski definition) is 5. The second-order valence-corrected chi connectivity index (χ2v) is 6.76. The van der Waals surface area contributed by atoms with Gasteiger partial charge in [0.1, 0.15) is 6.04 Å². The molecule has 2 N–H and O–H groups in total. The Morgan fingerprint density at radius 3 is 2.61 bits per heavy atom. The first-order valence-corrected chi connectivity index (χ1v) is 8.87. The molecule has 1 saturated heterocycles. The number of rotatable bonds is 6. The van der Waals surface area contributed by atoms with Crippen molar-refractivity contribution in [1.29, 1.82) is 0 Å². The molecule has 0 bridgehead atoms. The zero-order valence-corrected chi connectivity index (χ0v) is 14.9. The van der Waals surface area contributed by atoms with E-state index in [1.165, 1.54) is 12.1 Å². The molecule has 8 nitrogen and oxygen atoms in total. The third kappa shape index (κ3) is 3.51. The smallest absolute Gasteiger partial charge is 0.303 e. The van der Waals surface area contributed by atoms with Gasteiger partial charge >= 0.3 is 5.97 Å². The summed E-state index contributed by atoms with van der Waals surface area (Å²) in [6.45, 7) is 0. The Balaban J connectivity index is 1.83. The quantitative estimate of drug-likeness (QED) is 0.561. The molecule has 144 valence electrons. The number of benzene rings is 1. The fourth-order valence-corrected chi connectivity index (χ4v) is 3.51. The predicted octanol–water partition coefficient (Wildman–Crippen LogP) is 1.06. The Bertz CT molecular complexity index is 929. The first kappa shape index (κ1) is 19.3. The molecule has 1 aromatic rings. The molecular weight excluding hydrogens is 364 g/mol. The van der Waals surface area contributed by atoms with Crippen molar-refractivity contribution in [2.24, 2.45) is 0 Å². The van der Waals surface area contributed by atoms with Crippen LogP contribution in [-0.4, -0.2) is 45.6 Å². The number of amides is 4. The second-order valence-electron chi connectivity index (χ2n) is 6.76. The molecule has 3 rings (SSSR count). The minimum absolute atomic E-state index is 0.0101. The van der Waals surface area contributed by atoms with Gasteiger partial charge in [-0.25, -0.2) is 0 Å². The summed E-state index contributed by atoms with van der Waals surface area (Å²) >= 11 is 0. The van der Waals surface area contributed by atoms with Crippen LogP contribution in [0.4, 0.5) is 0 Å². The first-order chi connectivity index (χ1) is 13.3. The lowest BCUT2D eigenvalue weighted by Gasteiger charge is -2.27. The monoisotopic (exact) mass is 382 g/mol. The minimum Gasteiger partial charge on any atom is -0.481 e. The highest BCUT2D eigenvalue weighted by Gasteiger charge is 2.44. The summed E-state index contributed by atoms with van der Waals surface area (Å²) in [5, 5.41) is 10.9.